The van der Waals surface area contributed by atoms with Gasteiger partial charge in [0.2, 0.25) is 0 Å². The van der Waals surface area contributed by atoms with Gasteiger partial charge in [-0.25, -0.2) is 4.98 Å². The molecule has 0 aromatic carbocycles. The Morgan fingerprint density at radius 3 is 3.00 bits per heavy atom. The van der Waals surface area contributed by atoms with Gasteiger partial charge in [0, 0.05) is 12.4 Å². The van der Waals surface area contributed by atoms with E-state index in [0.717, 1.165) is 6.21 Å². The molecule has 0 radical (unpaired) electrons. The summed E-state index contributed by atoms with van der Waals surface area (Å²) in [6.45, 7) is 0. The molecule has 0 saturated heterocycles. The van der Waals surface area contributed by atoms with Crippen molar-refractivity contribution in [1.29, 1.82) is 5.41 Å². The van der Waals surface area contributed by atoms with Crippen molar-refractivity contribution < 1.29 is 0 Å². The molecule has 3 N–H and O–H groups in total. The summed E-state index contributed by atoms with van der Waals surface area (Å²) in [6, 6.07) is 5.18. The first-order valence-electron chi connectivity index (χ1n) is 4.01. The van der Waals surface area contributed by atoms with Crippen molar-refractivity contribution in [2.75, 3.05) is 5.73 Å². The summed E-state index contributed by atoms with van der Waals surface area (Å²) in [5, 5.41) is 7.04. The Balaban J connectivity index is 3.00. The number of pyridine rings is 1. The number of rotatable bonds is 1. The molecule has 0 saturated carbocycles. The molecule has 0 bridgehead atoms. The summed E-state index contributed by atoms with van der Waals surface area (Å²) >= 11 is 0. The molecule has 0 aliphatic rings. The van der Waals surface area contributed by atoms with E-state index in [1.165, 1.54) is 4.40 Å². The third kappa shape index (κ3) is 1.06. The van der Waals surface area contributed by atoms with Gasteiger partial charge in [-0.3, -0.25) is 9.20 Å². The van der Waals surface area contributed by atoms with E-state index in [1.54, 1.807) is 24.4 Å². The smallest absolute Gasteiger partial charge is 0.268 e. The van der Waals surface area contributed by atoms with Gasteiger partial charge < -0.3 is 11.1 Å². The molecule has 0 unspecified atom stereocenters. The largest absolute Gasteiger partial charge is 0.383 e. The zero-order valence-corrected chi connectivity index (χ0v) is 7.27. The van der Waals surface area contributed by atoms with Gasteiger partial charge in [-0.1, -0.05) is 6.07 Å². The number of hydrogen-bond donors (Lipinski definition) is 2. The maximum Gasteiger partial charge on any atom is 0.268 e. The van der Waals surface area contributed by atoms with E-state index in [1.807, 2.05) is 0 Å². The molecule has 2 rings (SSSR count). The molecule has 0 aliphatic heterocycles. The first-order valence-corrected chi connectivity index (χ1v) is 4.01. The van der Waals surface area contributed by atoms with E-state index < -0.39 is 0 Å². The lowest BCUT2D eigenvalue weighted by Crippen LogP contribution is -2.21. The monoisotopic (exact) mass is 188 g/mol. The van der Waals surface area contributed by atoms with Crippen LogP contribution in [0.4, 0.5) is 5.82 Å². The predicted molar refractivity (Wildman–Crippen MR) is 53.8 cm³/mol. The van der Waals surface area contributed by atoms with Crippen molar-refractivity contribution in [2.24, 2.45) is 0 Å². The number of aromatic nitrogens is 2. The van der Waals surface area contributed by atoms with E-state index in [-0.39, 0.29) is 16.9 Å². The molecule has 0 fully saturated rings. The summed E-state index contributed by atoms with van der Waals surface area (Å²) < 4.78 is 1.36. The highest BCUT2D eigenvalue weighted by Crippen LogP contribution is 2.03. The highest BCUT2D eigenvalue weighted by atomic mass is 16.1. The summed E-state index contributed by atoms with van der Waals surface area (Å²) in [6.07, 6.45) is 2.52. The second-order valence-electron chi connectivity index (χ2n) is 2.79. The van der Waals surface area contributed by atoms with Gasteiger partial charge in [-0.05, 0) is 12.1 Å². The number of nitrogens with two attached hydrogens (primary N) is 1. The molecule has 0 atom stereocenters. The van der Waals surface area contributed by atoms with Gasteiger partial charge in [0.1, 0.15) is 17.0 Å². The van der Waals surface area contributed by atoms with Gasteiger partial charge in [-0.15, -0.1) is 0 Å². The molecular weight excluding hydrogens is 180 g/mol. The van der Waals surface area contributed by atoms with Crippen molar-refractivity contribution in [1.82, 2.24) is 9.38 Å². The van der Waals surface area contributed by atoms with Gasteiger partial charge in [-0.2, -0.15) is 0 Å². The minimum absolute atomic E-state index is 0.0937. The van der Waals surface area contributed by atoms with Gasteiger partial charge in [0.25, 0.3) is 5.56 Å². The number of nitrogens with zero attached hydrogens (tertiary/aromatic N) is 2. The highest BCUT2D eigenvalue weighted by Gasteiger charge is 2.06. The van der Waals surface area contributed by atoms with Gasteiger partial charge >= 0.3 is 0 Å². The van der Waals surface area contributed by atoms with Crippen LogP contribution in [0.2, 0.25) is 0 Å². The van der Waals surface area contributed by atoms with Crippen LogP contribution in [0.15, 0.2) is 29.2 Å². The van der Waals surface area contributed by atoms with E-state index in [9.17, 15) is 4.79 Å². The lowest BCUT2D eigenvalue weighted by Gasteiger charge is -2.02. The summed E-state index contributed by atoms with van der Waals surface area (Å²) in [5.74, 6) is 0.0937. The third-order valence-electron chi connectivity index (χ3n) is 1.94. The Morgan fingerprint density at radius 2 is 2.29 bits per heavy atom. The van der Waals surface area contributed by atoms with Crippen LogP contribution in [0.25, 0.3) is 5.65 Å². The molecule has 2 aromatic rings. The minimum Gasteiger partial charge on any atom is -0.383 e. The summed E-state index contributed by atoms with van der Waals surface area (Å²) in [5.41, 5.74) is 5.81. The van der Waals surface area contributed by atoms with E-state index >= 15 is 0 Å². The molecule has 0 aliphatic carbocycles. The lowest BCUT2D eigenvalue weighted by molar-refractivity contribution is 1.04. The second-order valence-corrected chi connectivity index (χ2v) is 2.79. The fraction of sp³-hybridized carbons (Fsp3) is 0. The zero-order valence-electron chi connectivity index (χ0n) is 7.27. The number of fused-ring (bicyclic) bond motifs is 1. The van der Waals surface area contributed by atoms with Gasteiger partial charge in [0.05, 0.1) is 0 Å². The quantitative estimate of drug-likeness (QED) is 0.630. The molecule has 2 aromatic heterocycles. The lowest BCUT2D eigenvalue weighted by atomic mass is 10.3. The Bertz CT molecular complexity index is 558. The van der Waals surface area contributed by atoms with Crippen molar-refractivity contribution >= 4 is 17.7 Å². The van der Waals surface area contributed by atoms with Crippen LogP contribution < -0.4 is 11.3 Å². The third-order valence-corrected chi connectivity index (χ3v) is 1.94. The minimum atomic E-state index is -0.317. The van der Waals surface area contributed by atoms with E-state index in [0.29, 0.717) is 5.65 Å². The standard InChI is InChI=1S/C9H8N4O/c10-5-6-8(11)12-7-3-1-2-4-13(7)9(6)14/h1-5,10H,11H2. The van der Waals surface area contributed by atoms with Crippen LogP contribution in [-0.4, -0.2) is 15.6 Å². The number of anilines is 1. The van der Waals surface area contributed by atoms with Crippen LogP contribution in [0.3, 0.4) is 0 Å². The zero-order chi connectivity index (χ0) is 10.1. The van der Waals surface area contributed by atoms with Crippen LogP contribution in [0, 0.1) is 5.41 Å². The first-order chi connectivity index (χ1) is 6.74. The maximum atomic E-state index is 11.7. The normalized spacial score (nSPS) is 10.3. The Kier molecular flexibility index (Phi) is 1.78. The van der Waals surface area contributed by atoms with Crippen molar-refractivity contribution in [2.45, 2.75) is 0 Å². The average Bonchev–Trinajstić information content (AvgIpc) is 2.18. The van der Waals surface area contributed by atoms with Crippen molar-refractivity contribution in [3.63, 3.8) is 0 Å². The molecule has 2 heterocycles. The van der Waals surface area contributed by atoms with E-state index in [2.05, 4.69) is 4.98 Å². The van der Waals surface area contributed by atoms with Crippen LogP contribution >= 0.6 is 0 Å². The molecule has 70 valence electrons. The fourth-order valence-electron chi connectivity index (χ4n) is 1.26. The molecule has 5 nitrogen and oxygen atoms in total. The van der Waals surface area contributed by atoms with Crippen LogP contribution in [0.1, 0.15) is 5.56 Å². The van der Waals surface area contributed by atoms with Crippen LogP contribution in [-0.2, 0) is 0 Å². The SMILES string of the molecule is N=Cc1c(N)nc2ccccn2c1=O. The molecule has 0 amide bonds. The Hall–Kier alpha value is -2.17. The molecule has 5 heteroatoms. The van der Waals surface area contributed by atoms with Crippen LogP contribution in [0.5, 0.6) is 0 Å². The number of nitrogens with one attached hydrogen (secondary N) is 1. The Morgan fingerprint density at radius 1 is 1.50 bits per heavy atom. The fourth-order valence-corrected chi connectivity index (χ4v) is 1.26. The summed E-state index contributed by atoms with van der Waals surface area (Å²) in [4.78, 5) is 15.7. The van der Waals surface area contributed by atoms with Crippen molar-refractivity contribution in [3.05, 3.63) is 40.3 Å². The number of nitrogen functional groups attached to an aromatic ring is 1. The predicted octanol–water partition coefficient (Wildman–Crippen LogP) is 0.274. The van der Waals surface area contributed by atoms with E-state index in [4.69, 9.17) is 11.1 Å². The number of hydrogen-bond acceptors (Lipinski definition) is 4. The molecular formula is C9H8N4O. The Labute approximate surface area is 79.3 Å². The van der Waals surface area contributed by atoms with Gasteiger partial charge in [0.15, 0.2) is 0 Å². The average molecular weight is 188 g/mol. The molecule has 14 heavy (non-hydrogen) atoms. The topological polar surface area (TPSA) is 84.2 Å². The maximum absolute atomic E-state index is 11.7. The summed E-state index contributed by atoms with van der Waals surface area (Å²) in [7, 11) is 0. The van der Waals surface area contributed by atoms with Crippen molar-refractivity contribution in [3.8, 4) is 0 Å². The molecule has 0 spiro atoms. The second kappa shape index (κ2) is 2.95. The highest BCUT2D eigenvalue weighted by molar-refractivity contribution is 5.83. The first kappa shape index (κ1) is 8.43.